The van der Waals surface area contributed by atoms with Gasteiger partial charge < -0.3 is 28.8 Å². The molecule has 3 atom stereocenters. The molecule has 0 aliphatic carbocycles. The first-order valence-electron chi connectivity index (χ1n) is 27.0. The SMILES string of the molecule is CCCCCCC/C=C\CCCCCCCC(=O)NC(COP(=O)([O-])OCC[N+](C)(C)C)C(O)CCCCCCCCCCCCCCCCCCCCCCCCCCCC. The average Bonchev–Trinajstić information content (AvgIpc) is 3.23. The van der Waals surface area contributed by atoms with Crippen LogP contribution in [0.2, 0.25) is 0 Å². The normalized spacial score (nSPS) is 14.1. The van der Waals surface area contributed by atoms with Crippen molar-refractivity contribution >= 4 is 13.7 Å². The van der Waals surface area contributed by atoms with Gasteiger partial charge in [-0.2, -0.15) is 0 Å². The Morgan fingerprint density at radius 3 is 1.26 bits per heavy atom. The van der Waals surface area contributed by atoms with Crippen molar-refractivity contribution in [3.63, 3.8) is 0 Å². The molecule has 0 heterocycles. The molecule has 2 N–H and O–H groups in total. The molecule has 0 rings (SSSR count). The van der Waals surface area contributed by atoms with Crippen molar-refractivity contribution in [1.29, 1.82) is 0 Å². The number of hydrogen-bond donors (Lipinski definition) is 2. The quantitative estimate of drug-likeness (QED) is 0.0272. The lowest BCUT2D eigenvalue weighted by atomic mass is 10.0. The predicted octanol–water partition coefficient (Wildman–Crippen LogP) is 15.2. The molecule has 1 amide bonds. The highest BCUT2D eigenvalue weighted by Crippen LogP contribution is 2.38. The second-order valence-corrected chi connectivity index (χ2v) is 21.4. The molecule has 62 heavy (non-hydrogen) atoms. The molecule has 0 fully saturated rings. The molecule has 0 aliphatic heterocycles. The number of nitrogens with zero attached hydrogens (tertiary/aromatic N) is 1. The highest BCUT2D eigenvalue weighted by atomic mass is 31.2. The maximum atomic E-state index is 12.9. The van der Waals surface area contributed by atoms with Gasteiger partial charge in [-0.3, -0.25) is 9.36 Å². The zero-order valence-corrected chi connectivity index (χ0v) is 43.0. The van der Waals surface area contributed by atoms with Crippen molar-refractivity contribution in [3.05, 3.63) is 12.2 Å². The number of hydrogen-bond acceptors (Lipinski definition) is 6. The van der Waals surface area contributed by atoms with Crippen LogP contribution in [0.1, 0.15) is 271 Å². The van der Waals surface area contributed by atoms with E-state index in [0.717, 1.165) is 51.4 Å². The van der Waals surface area contributed by atoms with Gasteiger partial charge in [-0.15, -0.1) is 0 Å². The minimum atomic E-state index is -4.57. The first kappa shape index (κ1) is 61.2. The Morgan fingerprint density at radius 1 is 0.548 bits per heavy atom. The van der Waals surface area contributed by atoms with Crippen molar-refractivity contribution in [2.75, 3.05) is 40.9 Å². The van der Waals surface area contributed by atoms with Gasteiger partial charge in [0.25, 0.3) is 7.82 Å². The monoisotopic (exact) mass is 899 g/mol. The number of phosphoric acid groups is 1. The second-order valence-electron chi connectivity index (χ2n) is 19.9. The Balaban J connectivity index is 4.12. The van der Waals surface area contributed by atoms with Gasteiger partial charge in [0.2, 0.25) is 5.91 Å². The molecule has 370 valence electrons. The zero-order valence-electron chi connectivity index (χ0n) is 42.1. The summed E-state index contributed by atoms with van der Waals surface area (Å²) in [5.41, 5.74) is 0. The Kier molecular flexibility index (Phi) is 44.8. The van der Waals surface area contributed by atoms with Gasteiger partial charge in [0.05, 0.1) is 39.9 Å². The maximum absolute atomic E-state index is 12.9. The average molecular weight is 899 g/mol. The summed E-state index contributed by atoms with van der Waals surface area (Å²) in [6.45, 7) is 4.74. The topological polar surface area (TPSA) is 108 Å². The first-order valence-corrected chi connectivity index (χ1v) is 28.5. The fraction of sp³-hybridized carbons (Fsp3) is 0.943. The summed E-state index contributed by atoms with van der Waals surface area (Å²) in [5.74, 6) is -0.170. The molecular formula is C53H107N2O6P. The molecule has 9 heteroatoms. The summed E-state index contributed by atoms with van der Waals surface area (Å²) in [4.78, 5) is 25.4. The molecule has 0 aromatic heterocycles. The van der Waals surface area contributed by atoms with E-state index in [2.05, 4.69) is 31.3 Å². The van der Waals surface area contributed by atoms with E-state index < -0.39 is 20.0 Å². The van der Waals surface area contributed by atoms with E-state index in [1.54, 1.807) is 0 Å². The number of nitrogens with one attached hydrogen (secondary N) is 1. The lowest BCUT2D eigenvalue weighted by molar-refractivity contribution is -0.870. The van der Waals surface area contributed by atoms with Crippen LogP contribution in [-0.2, 0) is 18.4 Å². The van der Waals surface area contributed by atoms with E-state index in [0.29, 0.717) is 23.9 Å². The number of aliphatic hydroxyl groups is 1. The van der Waals surface area contributed by atoms with Crippen LogP contribution < -0.4 is 10.2 Å². The highest BCUT2D eigenvalue weighted by Gasteiger charge is 2.24. The molecule has 8 nitrogen and oxygen atoms in total. The largest absolute Gasteiger partial charge is 0.756 e. The number of amides is 1. The highest BCUT2D eigenvalue weighted by molar-refractivity contribution is 7.45. The fourth-order valence-corrected chi connectivity index (χ4v) is 8.94. The van der Waals surface area contributed by atoms with E-state index in [1.165, 1.54) is 193 Å². The van der Waals surface area contributed by atoms with E-state index in [4.69, 9.17) is 9.05 Å². The van der Waals surface area contributed by atoms with Crippen LogP contribution in [-0.4, -0.2) is 68.5 Å². The van der Waals surface area contributed by atoms with Gasteiger partial charge in [-0.1, -0.05) is 238 Å². The van der Waals surface area contributed by atoms with E-state index in [-0.39, 0.29) is 19.1 Å². The van der Waals surface area contributed by atoms with Gasteiger partial charge in [-0.25, -0.2) is 0 Å². The van der Waals surface area contributed by atoms with Crippen molar-refractivity contribution < 1.29 is 32.9 Å². The van der Waals surface area contributed by atoms with Gasteiger partial charge in [-0.05, 0) is 38.5 Å². The minimum Gasteiger partial charge on any atom is -0.756 e. The molecule has 0 bridgehead atoms. The van der Waals surface area contributed by atoms with Crippen molar-refractivity contribution in [2.24, 2.45) is 0 Å². The molecule has 3 unspecified atom stereocenters. The van der Waals surface area contributed by atoms with Crippen LogP contribution in [0.25, 0.3) is 0 Å². The van der Waals surface area contributed by atoms with Crippen LogP contribution in [0.5, 0.6) is 0 Å². The van der Waals surface area contributed by atoms with Crippen molar-refractivity contribution in [1.82, 2.24) is 5.32 Å². The van der Waals surface area contributed by atoms with Crippen LogP contribution >= 0.6 is 7.82 Å². The first-order chi connectivity index (χ1) is 30.0. The predicted molar refractivity (Wildman–Crippen MR) is 266 cm³/mol. The Hall–Kier alpha value is -0.760. The van der Waals surface area contributed by atoms with E-state index in [1.807, 2.05) is 21.1 Å². The third-order valence-electron chi connectivity index (χ3n) is 12.5. The number of carbonyl (C=O) groups excluding carboxylic acids is 1. The standard InChI is InChI=1S/C53H107N2O6P/c1-6-8-10-12-14-16-18-20-22-23-24-25-26-27-28-29-30-31-32-33-34-36-38-40-42-44-46-52(56)51(50-61-62(58,59)60-49-48-55(3,4)5)54-53(57)47-45-43-41-39-37-35-21-19-17-15-13-11-9-7-2/h19,21,51-52,56H,6-18,20,22-50H2,1-5H3,(H-,54,57,58,59)/b21-19-. The van der Waals surface area contributed by atoms with Crippen molar-refractivity contribution in [2.45, 2.75) is 283 Å². The van der Waals surface area contributed by atoms with E-state index >= 15 is 0 Å². The van der Waals surface area contributed by atoms with Gasteiger partial charge in [0.15, 0.2) is 0 Å². The Bertz CT molecular complexity index is 1020. The molecule has 0 aromatic carbocycles. The molecule has 0 saturated carbocycles. The summed E-state index contributed by atoms with van der Waals surface area (Å²) in [7, 11) is 1.31. The molecular weight excluding hydrogens is 792 g/mol. The number of rotatable bonds is 50. The fourth-order valence-electron chi connectivity index (χ4n) is 8.21. The second kappa shape index (κ2) is 45.4. The van der Waals surface area contributed by atoms with Crippen LogP contribution in [0.4, 0.5) is 0 Å². The molecule has 0 radical (unpaired) electrons. The maximum Gasteiger partial charge on any atom is 0.268 e. The Labute approximate surface area is 386 Å². The third kappa shape index (κ3) is 47.2. The van der Waals surface area contributed by atoms with Gasteiger partial charge in [0, 0.05) is 6.42 Å². The van der Waals surface area contributed by atoms with Gasteiger partial charge >= 0.3 is 0 Å². The zero-order chi connectivity index (χ0) is 45.7. The summed E-state index contributed by atoms with van der Waals surface area (Å²) in [5, 5.41) is 14.0. The van der Waals surface area contributed by atoms with E-state index in [9.17, 15) is 19.4 Å². The third-order valence-corrected chi connectivity index (χ3v) is 13.5. The lowest BCUT2D eigenvalue weighted by Crippen LogP contribution is -2.46. The summed E-state index contributed by atoms with van der Waals surface area (Å²) >= 11 is 0. The number of aliphatic hydroxyl groups excluding tert-OH is 1. The van der Waals surface area contributed by atoms with Crippen molar-refractivity contribution in [3.8, 4) is 0 Å². The summed E-state index contributed by atoms with van der Waals surface area (Å²) in [6, 6.07) is -0.801. The summed E-state index contributed by atoms with van der Waals surface area (Å²) in [6.07, 6.45) is 53.8. The lowest BCUT2D eigenvalue weighted by Gasteiger charge is -2.30. The smallest absolute Gasteiger partial charge is 0.268 e. The van der Waals surface area contributed by atoms with Crippen LogP contribution in [0.3, 0.4) is 0 Å². The molecule has 0 spiro atoms. The molecule has 0 saturated heterocycles. The molecule has 0 aromatic rings. The summed E-state index contributed by atoms with van der Waals surface area (Å²) < 4.78 is 23.4. The number of carbonyl (C=O) groups is 1. The number of allylic oxidation sites excluding steroid dienone is 2. The number of quaternary nitrogens is 1. The number of unbranched alkanes of at least 4 members (excludes halogenated alkanes) is 35. The Morgan fingerprint density at radius 2 is 0.887 bits per heavy atom. The van der Waals surface area contributed by atoms with Crippen LogP contribution in [0, 0.1) is 0 Å². The van der Waals surface area contributed by atoms with Crippen LogP contribution in [0.15, 0.2) is 12.2 Å². The van der Waals surface area contributed by atoms with Gasteiger partial charge in [0.1, 0.15) is 13.2 Å². The number of phosphoric ester groups is 1. The minimum absolute atomic E-state index is 0.0128. The number of likely N-dealkylation sites (N-methyl/N-ethyl adjacent to an activating group) is 1. The molecule has 0 aliphatic rings.